The molecule has 1 heterocycles. The first kappa shape index (κ1) is 17.0. The molecule has 6 rings (SSSR count). The van der Waals surface area contributed by atoms with Crippen LogP contribution in [-0.2, 0) is 11.2 Å². The van der Waals surface area contributed by atoms with Crippen LogP contribution in [0.25, 0.3) is 10.5 Å². The van der Waals surface area contributed by atoms with Crippen LogP contribution in [0, 0.1) is 29.7 Å². The van der Waals surface area contributed by atoms with Crippen LogP contribution in [0.3, 0.4) is 0 Å². The Morgan fingerprint density at radius 1 is 1.15 bits per heavy atom. The van der Waals surface area contributed by atoms with Crippen molar-refractivity contribution < 1.29 is 4.79 Å². The lowest BCUT2D eigenvalue weighted by Gasteiger charge is -2.55. The summed E-state index contributed by atoms with van der Waals surface area (Å²) in [6.45, 7) is 11.6. The number of rotatable bonds is 2. The van der Waals surface area contributed by atoms with Crippen molar-refractivity contribution >= 4 is 17.2 Å². The number of nitrogens with one attached hydrogen (secondary N) is 1. The summed E-state index contributed by atoms with van der Waals surface area (Å²) in [6.07, 6.45) is 10.2. The van der Waals surface area contributed by atoms with Crippen molar-refractivity contribution in [2.24, 2.45) is 23.2 Å². The Morgan fingerprint density at radius 3 is 2.37 bits per heavy atom. The van der Waals surface area contributed by atoms with Crippen LogP contribution in [0.1, 0.15) is 63.5 Å². The van der Waals surface area contributed by atoms with Crippen LogP contribution in [0.5, 0.6) is 0 Å². The molecule has 1 aromatic carbocycles. The summed E-state index contributed by atoms with van der Waals surface area (Å²) in [5.74, 6) is 2.69. The van der Waals surface area contributed by atoms with Gasteiger partial charge in [0.15, 0.2) is 11.5 Å². The fourth-order valence-electron chi connectivity index (χ4n) is 6.82. The van der Waals surface area contributed by atoms with Crippen molar-refractivity contribution in [2.75, 3.05) is 0 Å². The standard InChI is InChI=1S/C24H28N2O/c1-23(2)14-18-9-19(25-3)4-5-20(18)21(26-23)10-22(27)24-11-15-6-16(12-24)8-17(7-15)13-24/h4-5,9-10,15-17,26H,6-8,11-14H2,1-2H3/b21-10-. The fraction of sp³-hybridized carbons (Fsp3) is 0.583. The molecule has 1 N–H and O–H groups in total. The molecule has 0 amide bonds. The van der Waals surface area contributed by atoms with E-state index in [9.17, 15) is 4.79 Å². The Morgan fingerprint density at radius 2 is 1.78 bits per heavy atom. The van der Waals surface area contributed by atoms with E-state index in [4.69, 9.17) is 6.57 Å². The topological polar surface area (TPSA) is 33.5 Å². The highest BCUT2D eigenvalue weighted by Crippen LogP contribution is 2.60. The van der Waals surface area contributed by atoms with Crippen LogP contribution >= 0.6 is 0 Å². The van der Waals surface area contributed by atoms with E-state index < -0.39 is 0 Å². The first-order valence-corrected chi connectivity index (χ1v) is 10.4. The smallest absolute Gasteiger partial charge is 0.187 e. The van der Waals surface area contributed by atoms with Gasteiger partial charge in [-0.25, -0.2) is 4.85 Å². The molecule has 1 aliphatic heterocycles. The van der Waals surface area contributed by atoms with Crippen molar-refractivity contribution in [1.82, 2.24) is 5.32 Å². The zero-order valence-electron chi connectivity index (χ0n) is 16.3. The molecule has 0 saturated heterocycles. The number of allylic oxidation sites excluding steroid dienone is 1. The van der Waals surface area contributed by atoms with Gasteiger partial charge in [0.1, 0.15) is 0 Å². The molecule has 0 aromatic heterocycles. The molecule has 3 nitrogen and oxygen atoms in total. The van der Waals surface area contributed by atoms with Crippen molar-refractivity contribution in [1.29, 1.82) is 0 Å². The summed E-state index contributed by atoms with van der Waals surface area (Å²) in [7, 11) is 0. The molecule has 5 aliphatic rings. The third-order valence-corrected chi connectivity index (χ3v) is 7.45. The first-order valence-electron chi connectivity index (χ1n) is 10.4. The molecule has 1 aromatic rings. The largest absolute Gasteiger partial charge is 0.379 e. The lowest BCUT2D eigenvalue weighted by Crippen LogP contribution is -2.50. The predicted octanol–water partition coefficient (Wildman–Crippen LogP) is 5.29. The normalized spacial score (nSPS) is 36.8. The third-order valence-electron chi connectivity index (χ3n) is 7.45. The van der Waals surface area contributed by atoms with Gasteiger partial charge >= 0.3 is 0 Å². The van der Waals surface area contributed by atoms with Gasteiger partial charge in [0.25, 0.3) is 0 Å². The van der Waals surface area contributed by atoms with Crippen LogP contribution in [0.15, 0.2) is 24.3 Å². The van der Waals surface area contributed by atoms with Gasteiger partial charge in [-0.05, 0) is 87.7 Å². The average Bonchev–Trinajstić information content (AvgIpc) is 2.59. The minimum Gasteiger partial charge on any atom is -0.379 e. The SMILES string of the molecule is [C-]#[N+]c1ccc2c(c1)CC(C)(C)N/C2=C\C(=O)C12CC3CC(CC(C3)C1)C2. The highest BCUT2D eigenvalue weighted by atomic mass is 16.1. The maximum Gasteiger partial charge on any atom is 0.187 e. The molecule has 3 heteroatoms. The molecule has 0 radical (unpaired) electrons. The van der Waals surface area contributed by atoms with Gasteiger partial charge in [-0.3, -0.25) is 4.79 Å². The van der Waals surface area contributed by atoms with Crippen LogP contribution in [-0.4, -0.2) is 11.3 Å². The van der Waals surface area contributed by atoms with Crippen molar-refractivity contribution in [2.45, 2.75) is 64.3 Å². The average molecular weight is 361 g/mol. The van der Waals surface area contributed by atoms with E-state index in [1.54, 1.807) is 0 Å². The molecule has 0 spiro atoms. The van der Waals surface area contributed by atoms with E-state index in [2.05, 4.69) is 24.0 Å². The number of carbonyl (C=O) groups is 1. The molecular formula is C24H28N2O. The fourth-order valence-corrected chi connectivity index (χ4v) is 6.82. The third kappa shape index (κ3) is 2.81. The summed E-state index contributed by atoms with van der Waals surface area (Å²) >= 11 is 0. The van der Waals surface area contributed by atoms with E-state index in [1.165, 1.54) is 24.8 Å². The Hall–Kier alpha value is -2.08. The number of hydrogen-bond acceptors (Lipinski definition) is 2. The predicted molar refractivity (Wildman–Crippen MR) is 107 cm³/mol. The second-order valence-electron chi connectivity index (χ2n) is 10.3. The summed E-state index contributed by atoms with van der Waals surface area (Å²) in [5, 5.41) is 3.61. The Balaban J connectivity index is 1.52. The maximum absolute atomic E-state index is 13.5. The minimum atomic E-state index is -0.110. The quantitative estimate of drug-likeness (QED) is 0.574. The zero-order chi connectivity index (χ0) is 18.8. The lowest BCUT2D eigenvalue weighted by atomic mass is 9.48. The number of fused-ring (bicyclic) bond motifs is 1. The Labute approximate surface area is 162 Å². The summed E-state index contributed by atoms with van der Waals surface area (Å²) in [6, 6.07) is 5.88. The van der Waals surface area contributed by atoms with Gasteiger partial charge in [-0.15, -0.1) is 0 Å². The molecular weight excluding hydrogens is 332 g/mol. The Bertz CT molecular complexity index is 851. The number of benzene rings is 1. The first-order chi connectivity index (χ1) is 12.9. The molecule has 0 unspecified atom stereocenters. The number of nitrogens with zero attached hydrogens (tertiary/aromatic N) is 1. The van der Waals surface area contributed by atoms with Crippen LogP contribution in [0.4, 0.5) is 5.69 Å². The molecule has 140 valence electrons. The number of ketones is 1. The highest BCUT2D eigenvalue weighted by molar-refractivity contribution is 6.01. The summed E-state index contributed by atoms with van der Waals surface area (Å²) in [4.78, 5) is 17.1. The number of hydrogen-bond donors (Lipinski definition) is 1. The number of carbonyl (C=O) groups excluding carboxylic acids is 1. The van der Waals surface area contributed by atoms with E-state index in [0.717, 1.165) is 54.7 Å². The van der Waals surface area contributed by atoms with Crippen molar-refractivity contribution in [3.63, 3.8) is 0 Å². The van der Waals surface area contributed by atoms with Crippen LogP contribution < -0.4 is 5.32 Å². The molecule has 0 atom stereocenters. The second-order valence-corrected chi connectivity index (χ2v) is 10.3. The second kappa shape index (κ2) is 5.71. The monoisotopic (exact) mass is 360 g/mol. The van der Waals surface area contributed by atoms with Gasteiger partial charge in [0.2, 0.25) is 0 Å². The summed E-state index contributed by atoms with van der Waals surface area (Å²) < 4.78 is 0. The zero-order valence-corrected chi connectivity index (χ0v) is 16.3. The van der Waals surface area contributed by atoms with Crippen molar-refractivity contribution in [3.05, 3.63) is 46.8 Å². The van der Waals surface area contributed by atoms with Crippen LogP contribution in [0.2, 0.25) is 0 Å². The molecule has 4 saturated carbocycles. The van der Waals surface area contributed by atoms with E-state index in [1.807, 2.05) is 24.3 Å². The van der Waals surface area contributed by atoms with Gasteiger partial charge in [-0.1, -0.05) is 18.2 Å². The van der Waals surface area contributed by atoms with Gasteiger partial charge in [-0.2, -0.15) is 0 Å². The lowest BCUT2D eigenvalue weighted by molar-refractivity contribution is -0.138. The molecule has 27 heavy (non-hydrogen) atoms. The van der Waals surface area contributed by atoms with E-state index >= 15 is 0 Å². The Kier molecular flexibility index (Phi) is 3.60. The molecule has 4 fully saturated rings. The van der Waals surface area contributed by atoms with Crippen molar-refractivity contribution in [3.8, 4) is 0 Å². The minimum absolute atomic E-state index is 0.0956. The maximum atomic E-state index is 13.5. The summed E-state index contributed by atoms with van der Waals surface area (Å²) in [5.41, 5.74) is 3.71. The molecule has 4 aliphatic carbocycles. The van der Waals surface area contributed by atoms with E-state index in [0.29, 0.717) is 11.5 Å². The van der Waals surface area contributed by atoms with Gasteiger partial charge < -0.3 is 5.32 Å². The van der Waals surface area contributed by atoms with Gasteiger partial charge in [0.05, 0.1) is 6.57 Å². The highest BCUT2D eigenvalue weighted by Gasteiger charge is 2.53. The molecule has 4 bridgehead atoms. The van der Waals surface area contributed by atoms with Gasteiger partial charge in [0, 0.05) is 22.7 Å². The van der Waals surface area contributed by atoms with E-state index in [-0.39, 0.29) is 11.0 Å².